The Morgan fingerprint density at radius 1 is 1.40 bits per heavy atom. The largest absolute Gasteiger partial charge is 0.417 e. The molecule has 0 aromatic heterocycles. The molecule has 0 atom stereocenters. The molecular weight excluding hydrogens is 337 g/mol. The van der Waals surface area contributed by atoms with E-state index in [9.17, 15) is 18.0 Å². The lowest BCUT2D eigenvalue weighted by molar-refractivity contribution is -0.137. The van der Waals surface area contributed by atoms with E-state index in [1.165, 1.54) is 17.0 Å². The smallest absolute Gasteiger partial charge is 0.300 e. The van der Waals surface area contributed by atoms with Gasteiger partial charge < -0.3 is 0 Å². The van der Waals surface area contributed by atoms with Crippen molar-refractivity contribution < 1.29 is 18.0 Å². The van der Waals surface area contributed by atoms with Crippen molar-refractivity contribution in [2.24, 2.45) is 0 Å². The van der Waals surface area contributed by atoms with E-state index in [4.69, 9.17) is 5.26 Å². The van der Waals surface area contributed by atoms with Crippen LogP contribution in [0.4, 0.5) is 23.7 Å². The standard InChI is InChI=1S/C13H10BrF3N2O/c14-12(20)19(9-2-1-3-9)10-5-4-8(7-18)11(6-10)13(15,16)17/h4-6,9H,1-3H2. The second-order valence-corrected chi connectivity index (χ2v) is 5.23. The van der Waals surface area contributed by atoms with Crippen LogP contribution in [-0.4, -0.2) is 10.9 Å². The second kappa shape index (κ2) is 5.44. The van der Waals surface area contributed by atoms with E-state index in [0.717, 1.165) is 31.4 Å². The summed E-state index contributed by atoms with van der Waals surface area (Å²) in [5, 5.41) is 8.75. The summed E-state index contributed by atoms with van der Waals surface area (Å²) < 4.78 is 38.7. The van der Waals surface area contributed by atoms with Crippen LogP contribution in [0.15, 0.2) is 18.2 Å². The summed E-state index contributed by atoms with van der Waals surface area (Å²) in [4.78, 5) is 12.4. The van der Waals surface area contributed by atoms with Gasteiger partial charge in [-0.05, 0) is 37.5 Å². The Balaban J connectivity index is 2.47. The first kappa shape index (κ1) is 14.9. The Labute approximate surface area is 122 Å². The summed E-state index contributed by atoms with van der Waals surface area (Å²) in [7, 11) is 0. The van der Waals surface area contributed by atoms with E-state index in [1.54, 1.807) is 0 Å². The molecule has 1 aliphatic carbocycles. The number of alkyl halides is 3. The van der Waals surface area contributed by atoms with E-state index in [-0.39, 0.29) is 11.7 Å². The number of rotatable bonds is 2. The predicted molar refractivity (Wildman–Crippen MR) is 70.6 cm³/mol. The highest BCUT2D eigenvalue weighted by molar-refractivity contribution is 9.18. The number of carbonyl (C=O) groups is 1. The topological polar surface area (TPSA) is 44.1 Å². The summed E-state index contributed by atoms with van der Waals surface area (Å²) in [5.41, 5.74) is -1.31. The normalized spacial score (nSPS) is 15.3. The molecule has 0 N–H and O–H groups in total. The number of amides is 1. The van der Waals surface area contributed by atoms with E-state index >= 15 is 0 Å². The fourth-order valence-electron chi connectivity index (χ4n) is 2.11. The van der Waals surface area contributed by atoms with Gasteiger partial charge in [0.2, 0.25) is 0 Å². The molecule has 1 saturated carbocycles. The maximum atomic E-state index is 12.9. The number of anilines is 1. The highest BCUT2D eigenvalue weighted by atomic mass is 79.9. The zero-order valence-corrected chi connectivity index (χ0v) is 11.8. The molecule has 1 aromatic carbocycles. The quantitative estimate of drug-likeness (QED) is 0.586. The van der Waals surface area contributed by atoms with Crippen molar-refractivity contribution in [3.8, 4) is 6.07 Å². The monoisotopic (exact) mass is 346 g/mol. The summed E-state index contributed by atoms with van der Waals surface area (Å²) in [6.45, 7) is 0. The van der Waals surface area contributed by atoms with Crippen molar-refractivity contribution >= 4 is 26.4 Å². The molecular formula is C13H10BrF3N2O. The molecule has 1 fully saturated rings. The molecule has 2 rings (SSSR count). The molecule has 0 radical (unpaired) electrons. The van der Waals surface area contributed by atoms with Crippen LogP contribution >= 0.6 is 15.9 Å². The van der Waals surface area contributed by atoms with E-state index in [0.29, 0.717) is 0 Å². The molecule has 3 nitrogen and oxygen atoms in total. The number of halogens is 4. The molecule has 0 aliphatic heterocycles. The van der Waals surface area contributed by atoms with Gasteiger partial charge in [0.25, 0.3) is 4.82 Å². The van der Waals surface area contributed by atoms with Gasteiger partial charge in [-0.2, -0.15) is 18.4 Å². The van der Waals surface area contributed by atoms with Crippen LogP contribution in [0, 0.1) is 11.3 Å². The van der Waals surface area contributed by atoms with Gasteiger partial charge in [0.05, 0.1) is 17.2 Å². The molecule has 1 aliphatic rings. The van der Waals surface area contributed by atoms with Crippen LogP contribution in [0.3, 0.4) is 0 Å². The average Bonchev–Trinajstić information content (AvgIpc) is 2.31. The molecule has 1 aromatic rings. The third-order valence-corrected chi connectivity index (χ3v) is 3.72. The van der Waals surface area contributed by atoms with Crippen molar-refractivity contribution in [3.63, 3.8) is 0 Å². The lowest BCUT2D eigenvalue weighted by atomic mass is 9.91. The maximum Gasteiger partial charge on any atom is 0.417 e. The second-order valence-electron chi connectivity index (χ2n) is 4.55. The molecule has 20 heavy (non-hydrogen) atoms. The number of hydrogen-bond acceptors (Lipinski definition) is 2. The van der Waals surface area contributed by atoms with Crippen LogP contribution < -0.4 is 4.90 Å². The minimum atomic E-state index is -4.62. The van der Waals surface area contributed by atoms with Crippen molar-refractivity contribution in [3.05, 3.63) is 29.3 Å². The lowest BCUT2D eigenvalue weighted by Gasteiger charge is -2.36. The average molecular weight is 347 g/mol. The number of hydrogen-bond donors (Lipinski definition) is 0. The minimum absolute atomic E-state index is 0.0871. The van der Waals surface area contributed by atoms with Crippen LogP contribution in [0.1, 0.15) is 30.4 Å². The summed E-state index contributed by atoms with van der Waals surface area (Å²) in [5.74, 6) is 0. The van der Waals surface area contributed by atoms with Gasteiger partial charge >= 0.3 is 6.18 Å². The van der Waals surface area contributed by atoms with Gasteiger partial charge in [-0.15, -0.1) is 0 Å². The van der Waals surface area contributed by atoms with Crippen molar-refractivity contribution in [2.45, 2.75) is 31.5 Å². The van der Waals surface area contributed by atoms with Crippen molar-refractivity contribution in [1.82, 2.24) is 0 Å². The third kappa shape index (κ3) is 2.80. The fraction of sp³-hybridized carbons (Fsp3) is 0.385. The molecule has 7 heteroatoms. The van der Waals surface area contributed by atoms with Gasteiger partial charge in [0, 0.05) is 27.7 Å². The lowest BCUT2D eigenvalue weighted by Crippen LogP contribution is -2.41. The van der Waals surface area contributed by atoms with Crippen molar-refractivity contribution in [1.29, 1.82) is 5.26 Å². The van der Waals surface area contributed by atoms with E-state index in [2.05, 4.69) is 15.9 Å². The van der Waals surface area contributed by atoms with Gasteiger partial charge in [-0.3, -0.25) is 9.69 Å². The molecule has 0 saturated heterocycles. The highest BCUT2D eigenvalue weighted by Gasteiger charge is 2.36. The minimum Gasteiger partial charge on any atom is -0.300 e. The van der Waals surface area contributed by atoms with E-state index < -0.39 is 22.1 Å². The molecule has 0 unspecified atom stereocenters. The van der Waals surface area contributed by atoms with Crippen LogP contribution in [0.2, 0.25) is 0 Å². The zero-order valence-electron chi connectivity index (χ0n) is 10.2. The first-order valence-corrected chi connectivity index (χ1v) is 6.74. The maximum absolute atomic E-state index is 12.9. The zero-order chi connectivity index (χ0) is 14.9. The third-order valence-electron chi connectivity index (χ3n) is 3.34. The van der Waals surface area contributed by atoms with Crippen LogP contribution in [0.25, 0.3) is 0 Å². The van der Waals surface area contributed by atoms with Crippen LogP contribution in [0.5, 0.6) is 0 Å². The Morgan fingerprint density at radius 2 is 2.05 bits per heavy atom. The number of nitriles is 1. The summed E-state index contributed by atoms with van der Waals surface area (Å²) in [6.07, 6.45) is -2.15. The summed E-state index contributed by atoms with van der Waals surface area (Å²) in [6, 6.07) is 4.75. The Hall–Kier alpha value is -1.55. The van der Waals surface area contributed by atoms with Gasteiger partial charge in [0.15, 0.2) is 0 Å². The highest BCUT2D eigenvalue weighted by Crippen LogP contribution is 2.37. The summed E-state index contributed by atoms with van der Waals surface area (Å²) >= 11 is 2.80. The van der Waals surface area contributed by atoms with Crippen LogP contribution in [-0.2, 0) is 6.18 Å². The first-order valence-electron chi connectivity index (χ1n) is 5.94. The van der Waals surface area contributed by atoms with Gasteiger partial charge in [-0.1, -0.05) is 0 Å². The van der Waals surface area contributed by atoms with Gasteiger partial charge in [0.1, 0.15) is 0 Å². The van der Waals surface area contributed by atoms with Gasteiger partial charge in [-0.25, -0.2) is 0 Å². The molecule has 106 valence electrons. The van der Waals surface area contributed by atoms with Crippen molar-refractivity contribution in [2.75, 3.05) is 4.90 Å². The molecule has 0 bridgehead atoms. The fourth-order valence-corrected chi connectivity index (χ4v) is 2.61. The number of nitrogens with zero attached hydrogens (tertiary/aromatic N) is 2. The Bertz CT molecular complexity index is 576. The first-order chi connectivity index (χ1) is 9.34. The Kier molecular flexibility index (Phi) is 4.04. The number of benzene rings is 1. The Morgan fingerprint density at radius 3 is 2.45 bits per heavy atom. The molecule has 0 spiro atoms. The predicted octanol–water partition coefficient (Wildman–Crippen LogP) is 4.45. The van der Waals surface area contributed by atoms with E-state index in [1.807, 2.05) is 0 Å². The molecule has 1 amide bonds. The molecule has 0 heterocycles. The number of carbonyl (C=O) groups excluding carboxylic acids is 1. The SMILES string of the molecule is N#Cc1ccc(N(C(=O)Br)C2CCC2)cc1C(F)(F)F.